The summed E-state index contributed by atoms with van der Waals surface area (Å²) in [5, 5.41) is 9.46. The second-order valence-corrected chi connectivity index (χ2v) is 3.39. The Morgan fingerprint density at radius 1 is 1.50 bits per heavy atom. The molecule has 0 saturated heterocycles. The third kappa shape index (κ3) is 3.36. The Labute approximate surface area is 87.3 Å². The van der Waals surface area contributed by atoms with Crippen molar-refractivity contribution < 1.29 is 14.6 Å². The average Bonchev–Trinajstić information content (AvgIpc) is 2.15. The quantitative estimate of drug-likeness (QED) is 0.782. The van der Waals surface area contributed by atoms with Gasteiger partial charge in [-0.25, -0.2) is 4.79 Å². The summed E-state index contributed by atoms with van der Waals surface area (Å²) in [6.45, 7) is 1.55. The van der Waals surface area contributed by atoms with E-state index in [1.54, 1.807) is 31.2 Å². The summed E-state index contributed by atoms with van der Waals surface area (Å²) in [4.78, 5) is 11.3. The predicted octanol–water partition coefficient (Wildman–Crippen LogP) is 1.88. The zero-order valence-corrected chi connectivity index (χ0v) is 8.49. The fourth-order valence-corrected chi connectivity index (χ4v) is 0.992. The zero-order valence-electron chi connectivity index (χ0n) is 7.74. The van der Waals surface area contributed by atoms with E-state index in [0.29, 0.717) is 10.6 Å². The van der Waals surface area contributed by atoms with Crippen LogP contribution >= 0.6 is 11.6 Å². The molecule has 0 aliphatic carbocycles. The first-order valence-electron chi connectivity index (χ1n) is 4.20. The molecule has 0 bridgehead atoms. The summed E-state index contributed by atoms with van der Waals surface area (Å²) < 4.78 is 4.80. The van der Waals surface area contributed by atoms with E-state index < -0.39 is 12.1 Å². The van der Waals surface area contributed by atoms with E-state index in [4.69, 9.17) is 21.4 Å². The molecule has 0 amide bonds. The van der Waals surface area contributed by atoms with E-state index >= 15 is 0 Å². The SMILES string of the molecule is CC(O)COC(=O)c1ccc(Cl)cc1. The van der Waals surface area contributed by atoms with Gasteiger partial charge in [0.1, 0.15) is 6.61 Å². The number of hydrogen-bond acceptors (Lipinski definition) is 3. The molecule has 0 saturated carbocycles. The molecule has 0 spiro atoms. The monoisotopic (exact) mass is 214 g/mol. The lowest BCUT2D eigenvalue weighted by Crippen LogP contribution is -2.15. The first-order valence-corrected chi connectivity index (χ1v) is 4.58. The Balaban J connectivity index is 2.57. The third-order valence-electron chi connectivity index (χ3n) is 1.54. The first kappa shape index (κ1) is 11.0. The molecule has 1 aromatic carbocycles. The molecule has 1 aromatic rings. The standard InChI is InChI=1S/C10H11ClO3/c1-7(12)6-14-10(13)8-2-4-9(11)5-3-8/h2-5,7,12H,6H2,1H3. The highest BCUT2D eigenvalue weighted by Crippen LogP contribution is 2.10. The minimum atomic E-state index is -0.647. The summed E-state index contributed by atoms with van der Waals surface area (Å²) in [6, 6.07) is 6.38. The highest BCUT2D eigenvalue weighted by Gasteiger charge is 2.07. The van der Waals surface area contributed by atoms with Crippen LogP contribution in [-0.2, 0) is 4.74 Å². The minimum Gasteiger partial charge on any atom is -0.459 e. The lowest BCUT2D eigenvalue weighted by atomic mass is 10.2. The zero-order chi connectivity index (χ0) is 10.6. The Morgan fingerprint density at radius 2 is 2.07 bits per heavy atom. The molecule has 0 radical (unpaired) electrons. The average molecular weight is 215 g/mol. The van der Waals surface area contributed by atoms with Gasteiger partial charge < -0.3 is 9.84 Å². The summed E-state index contributed by atoms with van der Waals surface area (Å²) >= 11 is 5.65. The van der Waals surface area contributed by atoms with Gasteiger partial charge in [0.25, 0.3) is 0 Å². The van der Waals surface area contributed by atoms with Gasteiger partial charge >= 0.3 is 5.97 Å². The van der Waals surface area contributed by atoms with E-state index in [9.17, 15) is 4.79 Å². The van der Waals surface area contributed by atoms with Gasteiger partial charge in [-0.15, -0.1) is 0 Å². The molecule has 4 heteroatoms. The maximum absolute atomic E-state index is 11.3. The highest BCUT2D eigenvalue weighted by atomic mass is 35.5. The number of esters is 1. The minimum absolute atomic E-state index is 0.00145. The number of ether oxygens (including phenoxy) is 1. The van der Waals surface area contributed by atoms with Gasteiger partial charge in [-0.3, -0.25) is 0 Å². The first-order chi connectivity index (χ1) is 6.59. The fourth-order valence-electron chi connectivity index (χ4n) is 0.866. The molecule has 0 aliphatic rings. The number of rotatable bonds is 3. The number of carbonyl (C=O) groups is 1. The summed E-state index contributed by atoms with van der Waals surface area (Å²) in [5.74, 6) is -0.456. The van der Waals surface area contributed by atoms with Crippen LogP contribution < -0.4 is 0 Å². The maximum atomic E-state index is 11.3. The van der Waals surface area contributed by atoms with Crippen molar-refractivity contribution >= 4 is 17.6 Å². The van der Waals surface area contributed by atoms with E-state index in [1.165, 1.54) is 0 Å². The molecule has 1 rings (SSSR count). The van der Waals surface area contributed by atoms with Gasteiger partial charge in [0, 0.05) is 5.02 Å². The van der Waals surface area contributed by atoms with Crippen LogP contribution in [0.4, 0.5) is 0 Å². The lowest BCUT2D eigenvalue weighted by molar-refractivity contribution is 0.0296. The third-order valence-corrected chi connectivity index (χ3v) is 1.79. The normalized spacial score (nSPS) is 12.2. The van der Waals surface area contributed by atoms with Crippen molar-refractivity contribution in [3.05, 3.63) is 34.9 Å². The van der Waals surface area contributed by atoms with Crippen LogP contribution in [0, 0.1) is 0 Å². The lowest BCUT2D eigenvalue weighted by Gasteiger charge is -2.06. The Hall–Kier alpha value is -1.06. The Bertz CT molecular complexity index is 306. The molecule has 0 aromatic heterocycles. The van der Waals surface area contributed by atoms with E-state index in [1.807, 2.05) is 0 Å². The predicted molar refractivity (Wildman–Crippen MR) is 53.4 cm³/mol. The largest absolute Gasteiger partial charge is 0.459 e. The molecule has 1 N–H and O–H groups in total. The molecule has 1 atom stereocenters. The van der Waals surface area contributed by atoms with E-state index in [-0.39, 0.29) is 6.61 Å². The van der Waals surface area contributed by atoms with Gasteiger partial charge in [0.15, 0.2) is 0 Å². The van der Waals surface area contributed by atoms with Crippen molar-refractivity contribution in [1.82, 2.24) is 0 Å². The molecule has 0 heterocycles. The Morgan fingerprint density at radius 3 is 2.57 bits per heavy atom. The summed E-state index contributed by atoms with van der Waals surface area (Å²) in [7, 11) is 0. The number of aliphatic hydroxyl groups excluding tert-OH is 1. The van der Waals surface area contributed by atoms with Crippen LogP contribution in [0.25, 0.3) is 0 Å². The molecular formula is C10H11ClO3. The second kappa shape index (κ2) is 4.98. The number of aliphatic hydroxyl groups is 1. The number of benzene rings is 1. The van der Waals surface area contributed by atoms with Gasteiger partial charge in [-0.2, -0.15) is 0 Å². The molecule has 1 unspecified atom stereocenters. The van der Waals surface area contributed by atoms with Crippen LogP contribution in [0.5, 0.6) is 0 Å². The highest BCUT2D eigenvalue weighted by molar-refractivity contribution is 6.30. The van der Waals surface area contributed by atoms with E-state index in [2.05, 4.69) is 0 Å². The Kier molecular flexibility index (Phi) is 3.92. The van der Waals surface area contributed by atoms with Crippen LogP contribution in [0.3, 0.4) is 0 Å². The van der Waals surface area contributed by atoms with Gasteiger partial charge in [0.05, 0.1) is 11.7 Å². The summed E-state index contributed by atoms with van der Waals surface area (Å²) in [5.41, 5.74) is 0.426. The second-order valence-electron chi connectivity index (χ2n) is 2.95. The summed E-state index contributed by atoms with van der Waals surface area (Å²) in [6.07, 6.45) is -0.647. The topological polar surface area (TPSA) is 46.5 Å². The molecule has 0 fully saturated rings. The fraction of sp³-hybridized carbons (Fsp3) is 0.300. The van der Waals surface area contributed by atoms with Crippen molar-refractivity contribution in [2.45, 2.75) is 13.0 Å². The number of halogens is 1. The molecule has 0 aliphatic heterocycles. The van der Waals surface area contributed by atoms with Crippen LogP contribution in [0.1, 0.15) is 17.3 Å². The van der Waals surface area contributed by atoms with Gasteiger partial charge in [-0.1, -0.05) is 11.6 Å². The smallest absolute Gasteiger partial charge is 0.338 e. The molecule has 3 nitrogen and oxygen atoms in total. The maximum Gasteiger partial charge on any atom is 0.338 e. The van der Waals surface area contributed by atoms with Crippen molar-refractivity contribution in [1.29, 1.82) is 0 Å². The number of carbonyl (C=O) groups excluding carboxylic acids is 1. The van der Waals surface area contributed by atoms with Gasteiger partial charge in [-0.05, 0) is 31.2 Å². The van der Waals surface area contributed by atoms with Crippen molar-refractivity contribution in [3.63, 3.8) is 0 Å². The van der Waals surface area contributed by atoms with Crippen molar-refractivity contribution in [2.24, 2.45) is 0 Å². The van der Waals surface area contributed by atoms with E-state index in [0.717, 1.165) is 0 Å². The van der Waals surface area contributed by atoms with Crippen LogP contribution in [0.15, 0.2) is 24.3 Å². The number of hydrogen-bond donors (Lipinski definition) is 1. The van der Waals surface area contributed by atoms with Crippen LogP contribution in [0.2, 0.25) is 5.02 Å². The van der Waals surface area contributed by atoms with Crippen molar-refractivity contribution in [2.75, 3.05) is 6.61 Å². The van der Waals surface area contributed by atoms with Crippen molar-refractivity contribution in [3.8, 4) is 0 Å². The van der Waals surface area contributed by atoms with Gasteiger partial charge in [0.2, 0.25) is 0 Å². The van der Waals surface area contributed by atoms with Crippen LogP contribution in [-0.4, -0.2) is 23.8 Å². The molecular weight excluding hydrogens is 204 g/mol. The molecule has 76 valence electrons. The molecule has 14 heavy (non-hydrogen) atoms.